The highest BCUT2D eigenvalue weighted by Gasteiger charge is 2.21. The number of sulfone groups is 1. The van der Waals surface area contributed by atoms with Gasteiger partial charge in [-0.2, -0.15) is 0 Å². The van der Waals surface area contributed by atoms with Crippen molar-refractivity contribution in [2.45, 2.75) is 12.1 Å². The minimum absolute atomic E-state index is 0.0973. The monoisotopic (exact) mass is 429 g/mol. The summed E-state index contributed by atoms with van der Waals surface area (Å²) >= 11 is 3.16. The number of ether oxygens (including phenoxy) is 2. The number of carbonyl (C=O) groups is 1. The normalized spacial score (nSPS) is 11.0. The molecule has 0 aliphatic carbocycles. The number of aromatic nitrogens is 2. The highest BCUT2D eigenvalue weighted by atomic mass is 79.9. The van der Waals surface area contributed by atoms with Crippen molar-refractivity contribution in [3.63, 3.8) is 0 Å². The van der Waals surface area contributed by atoms with Crippen LogP contribution in [0.5, 0.6) is 11.5 Å². The van der Waals surface area contributed by atoms with Gasteiger partial charge in [0, 0.05) is 12.3 Å². The minimum atomic E-state index is -3.63. The molecule has 1 heterocycles. The van der Waals surface area contributed by atoms with Gasteiger partial charge in [-0.3, -0.25) is 4.79 Å². The fraction of sp³-hybridized carbons (Fsp3) is 0.267. The lowest BCUT2D eigenvalue weighted by molar-refractivity contribution is 0.102. The van der Waals surface area contributed by atoms with E-state index in [-0.39, 0.29) is 15.9 Å². The Morgan fingerprint density at radius 2 is 2.00 bits per heavy atom. The van der Waals surface area contributed by atoms with Gasteiger partial charge in [0.2, 0.25) is 15.0 Å². The summed E-state index contributed by atoms with van der Waals surface area (Å²) in [7, 11) is -0.660. The smallest absolute Gasteiger partial charge is 0.275 e. The molecule has 1 aromatic carbocycles. The van der Waals surface area contributed by atoms with E-state index in [2.05, 4.69) is 31.2 Å². The number of benzene rings is 1. The SMILES string of the molecule is CCS(=O)(=O)c1ncc(Br)c(C(=O)Nc2ccc(OC)cc2OC)n1. The van der Waals surface area contributed by atoms with Gasteiger partial charge >= 0.3 is 0 Å². The molecule has 25 heavy (non-hydrogen) atoms. The lowest BCUT2D eigenvalue weighted by Crippen LogP contribution is -2.18. The first kappa shape index (κ1) is 19.1. The zero-order chi connectivity index (χ0) is 18.6. The zero-order valence-electron chi connectivity index (χ0n) is 13.7. The van der Waals surface area contributed by atoms with Gasteiger partial charge in [0.15, 0.2) is 0 Å². The zero-order valence-corrected chi connectivity index (χ0v) is 16.1. The fourth-order valence-corrected chi connectivity index (χ4v) is 2.95. The second-order valence-corrected chi connectivity index (χ2v) is 7.80. The quantitative estimate of drug-likeness (QED) is 0.701. The maximum atomic E-state index is 12.5. The van der Waals surface area contributed by atoms with Crippen LogP contribution >= 0.6 is 15.9 Å². The molecule has 0 bridgehead atoms. The number of rotatable bonds is 6. The van der Waals surface area contributed by atoms with E-state index in [1.165, 1.54) is 27.3 Å². The Morgan fingerprint density at radius 1 is 1.28 bits per heavy atom. The van der Waals surface area contributed by atoms with Crippen LogP contribution in [0, 0.1) is 0 Å². The number of anilines is 1. The van der Waals surface area contributed by atoms with E-state index in [0.29, 0.717) is 17.2 Å². The third-order valence-corrected chi connectivity index (χ3v) is 5.35. The molecule has 0 radical (unpaired) electrons. The van der Waals surface area contributed by atoms with Gasteiger partial charge in [-0.25, -0.2) is 18.4 Å². The molecule has 2 aromatic rings. The summed E-state index contributed by atoms with van der Waals surface area (Å²) in [5.74, 6) is 0.182. The summed E-state index contributed by atoms with van der Waals surface area (Å²) in [6.45, 7) is 1.47. The van der Waals surface area contributed by atoms with Gasteiger partial charge < -0.3 is 14.8 Å². The second kappa shape index (κ2) is 7.79. The van der Waals surface area contributed by atoms with Crippen molar-refractivity contribution in [3.05, 3.63) is 34.6 Å². The molecule has 0 unspecified atom stereocenters. The molecule has 0 spiro atoms. The first-order valence-electron chi connectivity index (χ1n) is 7.11. The maximum absolute atomic E-state index is 12.5. The highest BCUT2D eigenvalue weighted by Crippen LogP contribution is 2.29. The molecule has 1 amide bonds. The Labute approximate surface area is 153 Å². The fourth-order valence-electron chi connectivity index (χ4n) is 1.87. The number of nitrogens with one attached hydrogen (secondary N) is 1. The summed E-state index contributed by atoms with van der Waals surface area (Å²) in [5.41, 5.74) is 0.290. The van der Waals surface area contributed by atoms with E-state index in [4.69, 9.17) is 9.47 Å². The van der Waals surface area contributed by atoms with Gasteiger partial charge in [-0.05, 0) is 28.1 Å². The first-order valence-corrected chi connectivity index (χ1v) is 9.55. The van der Waals surface area contributed by atoms with Crippen molar-refractivity contribution in [3.8, 4) is 11.5 Å². The van der Waals surface area contributed by atoms with Crippen LogP contribution in [0.1, 0.15) is 17.4 Å². The van der Waals surface area contributed by atoms with Crippen LogP contribution in [-0.4, -0.2) is 44.3 Å². The van der Waals surface area contributed by atoms with Gasteiger partial charge in [-0.15, -0.1) is 0 Å². The second-order valence-electron chi connectivity index (χ2n) is 4.77. The summed E-state index contributed by atoms with van der Waals surface area (Å²) in [6.07, 6.45) is 1.23. The lowest BCUT2D eigenvalue weighted by atomic mass is 10.2. The summed E-state index contributed by atoms with van der Waals surface area (Å²) in [4.78, 5) is 20.1. The third-order valence-electron chi connectivity index (χ3n) is 3.25. The number of halogens is 1. The Morgan fingerprint density at radius 3 is 2.60 bits per heavy atom. The number of amides is 1. The van der Waals surface area contributed by atoms with Crippen molar-refractivity contribution in [2.24, 2.45) is 0 Å². The van der Waals surface area contributed by atoms with Crippen molar-refractivity contribution in [1.29, 1.82) is 0 Å². The first-order chi connectivity index (χ1) is 11.8. The van der Waals surface area contributed by atoms with Gasteiger partial charge in [-0.1, -0.05) is 6.92 Å². The predicted octanol–water partition coefficient (Wildman–Crippen LogP) is 2.30. The number of hydrogen-bond donors (Lipinski definition) is 1. The average molecular weight is 430 g/mol. The van der Waals surface area contributed by atoms with Crippen molar-refractivity contribution >= 4 is 37.4 Å². The van der Waals surface area contributed by atoms with Gasteiger partial charge in [0.25, 0.3) is 5.91 Å². The molecule has 0 fully saturated rings. The van der Waals surface area contributed by atoms with Crippen molar-refractivity contribution in [1.82, 2.24) is 9.97 Å². The Kier molecular flexibility index (Phi) is 5.96. The van der Waals surface area contributed by atoms with E-state index in [0.717, 1.165) is 0 Å². The molecule has 0 saturated heterocycles. The Balaban J connectivity index is 2.37. The predicted molar refractivity (Wildman–Crippen MR) is 95.0 cm³/mol. The number of nitrogens with zero attached hydrogens (tertiary/aromatic N) is 2. The molecule has 10 heteroatoms. The van der Waals surface area contributed by atoms with Crippen molar-refractivity contribution in [2.75, 3.05) is 25.3 Å². The van der Waals surface area contributed by atoms with Crippen molar-refractivity contribution < 1.29 is 22.7 Å². The van der Waals surface area contributed by atoms with Crippen LogP contribution in [0.25, 0.3) is 0 Å². The molecule has 0 aliphatic heterocycles. The number of methoxy groups -OCH3 is 2. The van der Waals surface area contributed by atoms with Crippen LogP contribution in [0.4, 0.5) is 5.69 Å². The molecule has 0 saturated carbocycles. The summed E-state index contributed by atoms with van der Waals surface area (Å²) < 4.78 is 34.4. The lowest BCUT2D eigenvalue weighted by Gasteiger charge is -2.12. The molecular weight excluding hydrogens is 414 g/mol. The molecular formula is C15H16BrN3O5S. The van der Waals surface area contributed by atoms with Crippen LogP contribution < -0.4 is 14.8 Å². The van der Waals surface area contributed by atoms with Crippen LogP contribution in [-0.2, 0) is 9.84 Å². The van der Waals surface area contributed by atoms with E-state index >= 15 is 0 Å². The Bertz CT molecular complexity index is 902. The third kappa shape index (κ3) is 4.26. The van der Waals surface area contributed by atoms with E-state index in [1.54, 1.807) is 18.2 Å². The molecule has 2 rings (SSSR count). The molecule has 0 aliphatic rings. The van der Waals surface area contributed by atoms with Gasteiger partial charge in [0.05, 0.1) is 30.1 Å². The average Bonchev–Trinajstić information content (AvgIpc) is 2.62. The highest BCUT2D eigenvalue weighted by molar-refractivity contribution is 9.10. The largest absolute Gasteiger partial charge is 0.497 e. The van der Waals surface area contributed by atoms with Crippen LogP contribution in [0.2, 0.25) is 0 Å². The molecule has 8 nitrogen and oxygen atoms in total. The maximum Gasteiger partial charge on any atom is 0.275 e. The molecule has 1 aromatic heterocycles. The topological polar surface area (TPSA) is 107 Å². The van der Waals surface area contributed by atoms with E-state index in [9.17, 15) is 13.2 Å². The van der Waals surface area contributed by atoms with Crippen LogP contribution in [0.3, 0.4) is 0 Å². The standard InChI is InChI=1S/C15H16BrN3O5S/c1-4-25(21,22)15-17-8-10(16)13(19-15)14(20)18-11-6-5-9(23-2)7-12(11)24-3/h5-8H,4H2,1-3H3,(H,18,20). The number of hydrogen-bond acceptors (Lipinski definition) is 7. The summed E-state index contributed by atoms with van der Waals surface area (Å²) in [6, 6.07) is 4.87. The molecule has 1 N–H and O–H groups in total. The minimum Gasteiger partial charge on any atom is -0.497 e. The van der Waals surface area contributed by atoms with E-state index in [1.807, 2.05) is 0 Å². The molecule has 134 valence electrons. The number of carbonyl (C=O) groups excluding carboxylic acids is 1. The van der Waals surface area contributed by atoms with E-state index < -0.39 is 20.9 Å². The summed E-state index contributed by atoms with van der Waals surface area (Å²) in [5, 5.41) is 2.23. The molecule has 0 atom stereocenters. The Hall–Kier alpha value is -2.20. The van der Waals surface area contributed by atoms with Gasteiger partial charge in [0.1, 0.15) is 17.2 Å². The van der Waals surface area contributed by atoms with Crippen LogP contribution in [0.15, 0.2) is 34.0 Å².